The molecule has 1 aromatic carbocycles. The molecule has 0 unspecified atom stereocenters. The number of hydrogen-bond donors (Lipinski definition) is 0. The summed E-state index contributed by atoms with van der Waals surface area (Å²) >= 11 is 5.38. The van der Waals surface area contributed by atoms with Crippen LogP contribution in [0.3, 0.4) is 0 Å². The van der Waals surface area contributed by atoms with Gasteiger partial charge in [0.2, 0.25) is 0 Å². The van der Waals surface area contributed by atoms with E-state index in [0.717, 1.165) is 0 Å². The van der Waals surface area contributed by atoms with E-state index in [9.17, 15) is 30.3 Å². The monoisotopic (exact) mass is 261 g/mol. The largest absolute Gasteiger partial charge is 0.287 e. The van der Waals surface area contributed by atoms with Crippen molar-refractivity contribution in [2.45, 2.75) is 5.88 Å². The van der Waals surface area contributed by atoms with Gasteiger partial charge in [-0.3, -0.25) is 30.3 Å². The minimum Gasteiger partial charge on any atom is -0.258 e. The summed E-state index contributed by atoms with van der Waals surface area (Å²) in [5.41, 5.74) is -2.55. The Balaban J connectivity index is 3.63. The highest BCUT2D eigenvalue weighted by Gasteiger charge is 2.29. The molecule has 1 aromatic rings. The SMILES string of the molecule is O=[N+]([O-])c1cc([N+](=O)[O-])c(CCl)c([N+](=O)[O-])c1. The van der Waals surface area contributed by atoms with Crippen LogP contribution in [-0.4, -0.2) is 14.8 Å². The molecule has 0 aromatic heterocycles. The molecule has 0 radical (unpaired) electrons. The van der Waals surface area contributed by atoms with Crippen molar-refractivity contribution in [2.24, 2.45) is 0 Å². The van der Waals surface area contributed by atoms with E-state index >= 15 is 0 Å². The van der Waals surface area contributed by atoms with Gasteiger partial charge in [-0.25, -0.2) is 0 Å². The minimum absolute atomic E-state index is 0.354. The quantitative estimate of drug-likeness (QED) is 0.463. The molecule has 0 aliphatic rings. The highest BCUT2D eigenvalue weighted by molar-refractivity contribution is 6.17. The molecule has 90 valence electrons. The molecular weight excluding hydrogens is 258 g/mol. The van der Waals surface area contributed by atoms with Crippen molar-refractivity contribution >= 4 is 28.7 Å². The molecule has 0 saturated carbocycles. The Kier molecular flexibility index (Phi) is 3.53. The van der Waals surface area contributed by atoms with Gasteiger partial charge in [0.1, 0.15) is 5.56 Å². The smallest absolute Gasteiger partial charge is 0.258 e. The Labute approximate surface area is 98.1 Å². The van der Waals surface area contributed by atoms with E-state index in [4.69, 9.17) is 11.6 Å². The summed E-state index contributed by atoms with van der Waals surface area (Å²) < 4.78 is 0. The molecule has 0 N–H and O–H groups in total. The van der Waals surface area contributed by atoms with Crippen molar-refractivity contribution in [2.75, 3.05) is 0 Å². The molecule has 0 bridgehead atoms. The molecule has 10 heteroatoms. The highest BCUT2D eigenvalue weighted by atomic mass is 35.5. The zero-order valence-electron chi connectivity index (χ0n) is 8.03. The summed E-state index contributed by atoms with van der Waals surface area (Å²) in [7, 11) is 0. The van der Waals surface area contributed by atoms with Crippen molar-refractivity contribution in [3.63, 3.8) is 0 Å². The van der Waals surface area contributed by atoms with Crippen LogP contribution in [0.15, 0.2) is 12.1 Å². The molecule has 0 aliphatic heterocycles. The number of alkyl halides is 1. The molecule has 0 amide bonds. The molecule has 0 spiro atoms. The average Bonchev–Trinajstić information content (AvgIpc) is 2.26. The van der Waals surface area contributed by atoms with Crippen LogP contribution in [-0.2, 0) is 5.88 Å². The third-order valence-electron chi connectivity index (χ3n) is 1.93. The first-order valence-corrected chi connectivity index (χ1v) is 4.58. The Hall–Kier alpha value is -2.29. The van der Waals surface area contributed by atoms with Crippen molar-refractivity contribution in [1.29, 1.82) is 0 Å². The molecule has 0 heterocycles. The maximum absolute atomic E-state index is 10.6. The standard InChI is InChI=1S/C7H4ClN3O6/c8-3-5-6(10(14)15)1-4(9(12)13)2-7(5)11(16)17/h1-2H,3H2. The Morgan fingerprint density at radius 2 is 1.35 bits per heavy atom. The van der Waals surface area contributed by atoms with Crippen molar-refractivity contribution in [1.82, 2.24) is 0 Å². The van der Waals surface area contributed by atoms with Gasteiger partial charge < -0.3 is 0 Å². The van der Waals surface area contributed by atoms with E-state index in [1.54, 1.807) is 0 Å². The molecule has 0 aliphatic carbocycles. The highest BCUT2D eigenvalue weighted by Crippen LogP contribution is 2.34. The Morgan fingerprint density at radius 3 is 1.59 bits per heavy atom. The second-order valence-corrected chi connectivity index (χ2v) is 3.13. The molecule has 17 heavy (non-hydrogen) atoms. The van der Waals surface area contributed by atoms with Gasteiger partial charge in [-0.15, -0.1) is 11.6 Å². The lowest BCUT2D eigenvalue weighted by Gasteiger charge is -2.00. The molecule has 9 nitrogen and oxygen atoms in total. The van der Waals surface area contributed by atoms with Gasteiger partial charge in [0, 0.05) is 0 Å². The fraction of sp³-hybridized carbons (Fsp3) is 0.143. The van der Waals surface area contributed by atoms with Crippen molar-refractivity contribution in [3.8, 4) is 0 Å². The van der Waals surface area contributed by atoms with Crippen LogP contribution in [0.5, 0.6) is 0 Å². The topological polar surface area (TPSA) is 129 Å². The summed E-state index contributed by atoms with van der Waals surface area (Å²) in [5, 5.41) is 31.7. The Morgan fingerprint density at radius 1 is 0.941 bits per heavy atom. The van der Waals surface area contributed by atoms with Crippen LogP contribution in [0.25, 0.3) is 0 Å². The van der Waals surface area contributed by atoms with E-state index in [1.165, 1.54) is 0 Å². The first kappa shape index (κ1) is 12.8. The fourth-order valence-electron chi connectivity index (χ4n) is 1.20. The predicted octanol–water partition coefficient (Wildman–Crippen LogP) is 2.15. The molecular formula is C7H4ClN3O6. The van der Waals surface area contributed by atoms with Gasteiger partial charge in [-0.2, -0.15) is 0 Å². The fourth-order valence-corrected chi connectivity index (χ4v) is 1.47. The van der Waals surface area contributed by atoms with Crippen molar-refractivity contribution < 1.29 is 14.8 Å². The second kappa shape index (κ2) is 4.70. The van der Waals surface area contributed by atoms with Crippen molar-refractivity contribution in [3.05, 3.63) is 48.0 Å². The van der Waals surface area contributed by atoms with Gasteiger partial charge in [0.05, 0.1) is 32.8 Å². The first-order valence-electron chi connectivity index (χ1n) is 4.04. The number of benzene rings is 1. The van der Waals surface area contributed by atoms with Crippen LogP contribution < -0.4 is 0 Å². The third-order valence-corrected chi connectivity index (χ3v) is 2.19. The van der Waals surface area contributed by atoms with Gasteiger partial charge in [0.25, 0.3) is 17.1 Å². The normalized spacial score (nSPS) is 9.94. The van der Waals surface area contributed by atoms with Gasteiger partial charge in [-0.1, -0.05) is 0 Å². The van der Waals surface area contributed by atoms with Gasteiger partial charge in [0.15, 0.2) is 0 Å². The summed E-state index contributed by atoms with van der Waals surface area (Å²) in [6.07, 6.45) is 0. The number of nitro groups is 3. The Bertz CT molecular complexity index is 481. The zero-order valence-corrected chi connectivity index (χ0v) is 8.79. The van der Waals surface area contributed by atoms with E-state index < -0.39 is 37.7 Å². The first-order chi connectivity index (χ1) is 7.88. The summed E-state index contributed by atoms with van der Waals surface area (Å²) in [4.78, 5) is 28.9. The lowest BCUT2D eigenvalue weighted by atomic mass is 10.1. The predicted molar refractivity (Wildman–Crippen MR) is 56.0 cm³/mol. The van der Waals surface area contributed by atoms with E-state index in [-0.39, 0.29) is 5.56 Å². The number of non-ortho nitro benzene ring substituents is 1. The maximum Gasteiger partial charge on any atom is 0.287 e. The van der Waals surface area contributed by atoms with E-state index in [1.807, 2.05) is 0 Å². The summed E-state index contributed by atoms with van der Waals surface area (Å²) in [5.74, 6) is -0.482. The lowest BCUT2D eigenvalue weighted by Crippen LogP contribution is -2.01. The molecule has 0 atom stereocenters. The second-order valence-electron chi connectivity index (χ2n) is 2.87. The molecule has 1 rings (SSSR count). The number of nitro benzene ring substituents is 3. The molecule has 0 saturated heterocycles. The zero-order chi connectivity index (χ0) is 13.2. The third kappa shape index (κ3) is 2.45. The van der Waals surface area contributed by atoms with Crippen LogP contribution >= 0.6 is 11.6 Å². The van der Waals surface area contributed by atoms with Gasteiger partial charge >= 0.3 is 0 Å². The number of nitrogens with zero attached hydrogens (tertiary/aromatic N) is 3. The number of halogens is 1. The minimum atomic E-state index is -0.947. The van der Waals surface area contributed by atoms with Crippen LogP contribution in [0.1, 0.15) is 5.56 Å². The summed E-state index contributed by atoms with van der Waals surface area (Å²) in [6.45, 7) is 0. The summed E-state index contributed by atoms with van der Waals surface area (Å²) in [6, 6.07) is 1.29. The van der Waals surface area contributed by atoms with Gasteiger partial charge in [-0.05, 0) is 0 Å². The number of hydrogen-bond acceptors (Lipinski definition) is 6. The maximum atomic E-state index is 10.6. The lowest BCUT2D eigenvalue weighted by molar-refractivity contribution is -0.404. The van der Waals surface area contributed by atoms with E-state index in [2.05, 4.69) is 0 Å². The average molecular weight is 262 g/mol. The number of rotatable bonds is 4. The van der Waals surface area contributed by atoms with Crippen LogP contribution in [0.2, 0.25) is 0 Å². The van der Waals surface area contributed by atoms with Crippen LogP contribution in [0, 0.1) is 30.3 Å². The van der Waals surface area contributed by atoms with Crippen LogP contribution in [0.4, 0.5) is 17.1 Å². The molecule has 0 fully saturated rings. The van der Waals surface area contributed by atoms with E-state index in [0.29, 0.717) is 12.1 Å².